The standard InChI is InChI=1S/C19H20FN5O2S3/c20-16-8-4-5-9-17(16)21-18-22-25(19(28)29-18)14-23-10-12-24(13-11-23)30(26,27)15-6-2-1-3-7-15/h1-9H,10-14H2,(H,21,22). The first kappa shape index (κ1) is 21.1. The SMILES string of the molecule is O=S(=O)(c1ccccc1)N1CCN(Cn2nc(Nc3ccccc3F)sc2=S)CC1. The fourth-order valence-electron chi connectivity index (χ4n) is 3.17. The molecule has 2 heterocycles. The molecular formula is C19H20FN5O2S3. The smallest absolute Gasteiger partial charge is 0.243 e. The van der Waals surface area contributed by atoms with Crippen LogP contribution in [0, 0.1) is 9.77 Å². The summed E-state index contributed by atoms with van der Waals surface area (Å²) in [6.45, 7) is 2.39. The molecule has 0 aliphatic carbocycles. The van der Waals surface area contributed by atoms with Crippen molar-refractivity contribution in [3.8, 4) is 0 Å². The Kier molecular flexibility index (Phi) is 6.25. The lowest BCUT2D eigenvalue weighted by atomic mass is 10.3. The number of aromatic nitrogens is 2. The van der Waals surface area contributed by atoms with Gasteiger partial charge in [-0.1, -0.05) is 41.7 Å². The van der Waals surface area contributed by atoms with E-state index in [-0.39, 0.29) is 5.82 Å². The summed E-state index contributed by atoms with van der Waals surface area (Å²) in [6.07, 6.45) is 0. The number of nitrogens with one attached hydrogen (secondary N) is 1. The van der Waals surface area contributed by atoms with E-state index in [4.69, 9.17) is 12.2 Å². The number of halogens is 1. The van der Waals surface area contributed by atoms with Gasteiger partial charge in [-0.25, -0.2) is 17.5 Å². The monoisotopic (exact) mass is 465 g/mol. The lowest BCUT2D eigenvalue weighted by Crippen LogP contribution is -2.48. The third-order valence-corrected chi connectivity index (χ3v) is 7.90. The number of hydrogen-bond donors (Lipinski definition) is 1. The van der Waals surface area contributed by atoms with Crippen LogP contribution in [0.1, 0.15) is 0 Å². The minimum atomic E-state index is -3.48. The quantitative estimate of drug-likeness (QED) is 0.562. The van der Waals surface area contributed by atoms with Crippen LogP contribution in [-0.2, 0) is 16.7 Å². The number of piperazine rings is 1. The Morgan fingerprint density at radius 2 is 1.70 bits per heavy atom. The normalized spacial score (nSPS) is 15.9. The summed E-state index contributed by atoms with van der Waals surface area (Å²) in [7, 11) is -3.48. The van der Waals surface area contributed by atoms with Crippen LogP contribution in [0.4, 0.5) is 15.2 Å². The van der Waals surface area contributed by atoms with Gasteiger partial charge in [0.25, 0.3) is 0 Å². The summed E-state index contributed by atoms with van der Waals surface area (Å²) >= 11 is 6.65. The molecule has 1 aliphatic heterocycles. The highest BCUT2D eigenvalue weighted by Crippen LogP contribution is 2.23. The number of sulfonamides is 1. The number of anilines is 2. The molecule has 0 unspecified atom stereocenters. The summed E-state index contributed by atoms with van der Waals surface area (Å²) in [5.41, 5.74) is 0.341. The zero-order valence-electron chi connectivity index (χ0n) is 15.9. The molecule has 3 aromatic rings. The third-order valence-electron chi connectivity index (χ3n) is 4.77. The van der Waals surface area contributed by atoms with Crippen molar-refractivity contribution < 1.29 is 12.8 Å². The van der Waals surface area contributed by atoms with Crippen molar-refractivity contribution in [2.45, 2.75) is 11.6 Å². The van der Waals surface area contributed by atoms with Gasteiger partial charge in [-0.05, 0) is 36.5 Å². The highest BCUT2D eigenvalue weighted by Gasteiger charge is 2.28. The second-order valence-corrected chi connectivity index (χ2v) is 10.3. The van der Waals surface area contributed by atoms with Crippen LogP contribution in [0.3, 0.4) is 0 Å². The van der Waals surface area contributed by atoms with E-state index in [0.29, 0.717) is 52.5 Å². The average molecular weight is 466 g/mol. The maximum Gasteiger partial charge on any atom is 0.243 e. The molecule has 7 nitrogen and oxygen atoms in total. The van der Waals surface area contributed by atoms with Crippen molar-refractivity contribution in [1.82, 2.24) is 19.0 Å². The minimum absolute atomic E-state index is 0.309. The third kappa shape index (κ3) is 4.60. The van der Waals surface area contributed by atoms with Gasteiger partial charge in [0.2, 0.25) is 15.2 Å². The first-order chi connectivity index (χ1) is 14.4. The fourth-order valence-corrected chi connectivity index (χ4v) is 5.61. The second-order valence-electron chi connectivity index (χ2n) is 6.75. The summed E-state index contributed by atoms with van der Waals surface area (Å²) < 4.78 is 43.1. The van der Waals surface area contributed by atoms with Gasteiger partial charge in [-0.3, -0.25) is 4.90 Å². The van der Waals surface area contributed by atoms with Gasteiger partial charge >= 0.3 is 0 Å². The first-order valence-electron chi connectivity index (χ1n) is 9.30. The van der Waals surface area contributed by atoms with Crippen molar-refractivity contribution in [3.63, 3.8) is 0 Å². The van der Waals surface area contributed by atoms with E-state index in [2.05, 4.69) is 15.3 Å². The molecule has 1 aliphatic rings. The number of rotatable bonds is 6. The van der Waals surface area contributed by atoms with Gasteiger partial charge < -0.3 is 5.32 Å². The topological polar surface area (TPSA) is 70.5 Å². The molecule has 0 bridgehead atoms. The maximum absolute atomic E-state index is 13.8. The highest BCUT2D eigenvalue weighted by atomic mass is 32.2. The molecule has 0 spiro atoms. The Bertz CT molecular complexity index is 1170. The van der Waals surface area contributed by atoms with E-state index in [1.54, 1.807) is 53.2 Å². The molecule has 0 amide bonds. The summed E-state index contributed by atoms with van der Waals surface area (Å²) in [4.78, 5) is 2.41. The lowest BCUT2D eigenvalue weighted by molar-refractivity contribution is 0.145. The van der Waals surface area contributed by atoms with Crippen LogP contribution in [0.25, 0.3) is 0 Å². The van der Waals surface area contributed by atoms with Crippen LogP contribution < -0.4 is 5.32 Å². The minimum Gasteiger partial charge on any atom is -0.328 e. The molecule has 1 N–H and O–H groups in total. The van der Waals surface area contributed by atoms with Crippen molar-refractivity contribution in [2.75, 3.05) is 31.5 Å². The van der Waals surface area contributed by atoms with Crippen LogP contribution in [-0.4, -0.2) is 53.6 Å². The molecular weight excluding hydrogens is 445 g/mol. The van der Waals surface area contributed by atoms with E-state index >= 15 is 0 Å². The molecule has 1 saturated heterocycles. The van der Waals surface area contributed by atoms with Crippen LogP contribution in [0.5, 0.6) is 0 Å². The zero-order valence-corrected chi connectivity index (χ0v) is 18.4. The summed E-state index contributed by atoms with van der Waals surface area (Å²) in [5.74, 6) is -0.360. The second kappa shape index (κ2) is 8.90. The Labute approximate surface area is 183 Å². The average Bonchev–Trinajstić information content (AvgIpc) is 3.09. The van der Waals surface area contributed by atoms with E-state index in [1.807, 2.05) is 0 Å². The van der Waals surface area contributed by atoms with E-state index in [0.717, 1.165) is 0 Å². The highest BCUT2D eigenvalue weighted by molar-refractivity contribution is 7.89. The van der Waals surface area contributed by atoms with E-state index in [9.17, 15) is 12.8 Å². The molecule has 1 aromatic heterocycles. The Hall–Kier alpha value is -2.18. The van der Waals surface area contributed by atoms with Crippen molar-refractivity contribution >= 4 is 44.4 Å². The first-order valence-corrected chi connectivity index (χ1v) is 12.0. The largest absolute Gasteiger partial charge is 0.328 e. The molecule has 0 atom stereocenters. The lowest BCUT2D eigenvalue weighted by Gasteiger charge is -2.33. The van der Waals surface area contributed by atoms with Gasteiger partial charge in [0, 0.05) is 26.2 Å². The molecule has 4 rings (SSSR count). The van der Waals surface area contributed by atoms with Gasteiger partial charge in [-0.2, -0.15) is 4.31 Å². The van der Waals surface area contributed by atoms with Crippen molar-refractivity contribution in [1.29, 1.82) is 0 Å². The van der Waals surface area contributed by atoms with Crippen LogP contribution in [0.15, 0.2) is 59.5 Å². The molecule has 0 saturated carbocycles. The zero-order chi connectivity index (χ0) is 21.1. The Morgan fingerprint density at radius 3 is 2.40 bits per heavy atom. The van der Waals surface area contributed by atoms with Gasteiger partial charge in [0.15, 0.2) is 3.95 Å². The Balaban J connectivity index is 1.38. The number of nitrogens with zero attached hydrogens (tertiary/aromatic N) is 4. The summed E-state index contributed by atoms with van der Waals surface area (Å²) in [5, 5.41) is 7.90. The molecule has 30 heavy (non-hydrogen) atoms. The van der Waals surface area contributed by atoms with E-state index in [1.165, 1.54) is 21.7 Å². The molecule has 1 fully saturated rings. The maximum atomic E-state index is 13.8. The molecule has 2 aromatic carbocycles. The number of para-hydroxylation sites is 1. The van der Waals surface area contributed by atoms with Crippen molar-refractivity contribution in [2.24, 2.45) is 0 Å². The molecule has 0 radical (unpaired) electrons. The van der Waals surface area contributed by atoms with Crippen LogP contribution >= 0.6 is 23.6 Å². The number of benzene rings is 2. The van der Waals surface area contributed by atoms with Crippen LogP contribution in [0.2, 0.25) is 0 Å². The predicted molar refractivity (Wildman–Crippen MR) is 117 cm³/mol. The van der Waals surface area contributed by atoms with Crippen molar-refractivity contribution in [3.05, 3.63) is 64.4 Å². The predicted octanol–water partition coefficient (Wildman–Crippen LogP) is 3.52. The number of hydrogen-bond acceptors (Lipinski definition) is 7. The van der Waals surface area contributed by atoms with Gasteiger partial charge in [-0.15, -0.1) is 5.10 Å². The Morgan fingerprint density at radius 1 is 1.03 bits per heavy atom. The molecule has 158 valence electrons. The summed E-state index contributed by atoms with van der Waals surface area (Å²) in [6, 6.07) is 14.8. The van der Waals surface area contributed by atoms with Gasteiger partial charge in [0.05, 0.1) is 17.3 Å². The van der Waals surface area contributed by atoms with Gasteiger partial charge in [0.1, 0.15) is 5.82 Å². The fraction of sp³-hybridized carbons (Fsp3) is 0.263. The van der Waals surface area contributed by atoms with E-state index < -0.39 is 10.0 Å². The molecule has 11 heteroatoms.